The summed E-state index contributed by atoms with van der Waals surface area (Å²) in [6.45, 7) is 0.106. The van der Waals surface area contributed by atoms with Crippen LogP contribution in [-0.4, -0.2) is 70.0 Å². The molecule has 0 saturated heterocycles. The van der Waals surface area contributed by atoms with Gasteiger partial charge in [-0.25, -0.2) is 9.78 Å². The van der Waals surface area contributed by atoms with E-state index in [1.165, 1.54) is 6.92 Å². The molecule has 0 fully saturated rings. The Hall–Kier alpha value is -2.34. The standard InChI is InChI=1S/C12H16N4O7/c1-4-11(22)16(2-5(18)8(20)6(19)3-17)9-7(13-4)10(21)15-12(23)14-9/h5-6,8,17-20,22H,2-3H2,1H3,(H,15,21,23)/t5-,6+,8-/m0/s1. The van der Waals surface area contributed by atoms with Crippen LogP contribution in [0.1, 0.15) is 5.69 Å². The molecular formula is C12H16N4O7. The van der Waals surface area contributed by atoms with Crippen LogP contribution in [0.4, 0.5) is 0 Å². The van der Waals surface area contributed by atoms with Gasteiger partial charge in [-0.1, -0.05) is 0 Å². The highest BCUT2D eigenvalue weighted by Crippen LogP contribution is 2.23. The third kappa shape index (κ3) is 3.22. The average Bonchev–Trinajstić information content (AvgIpc) is 2.51. The van der Waals surface area contributed by atoms with Crippen LogP contribution in [0.25, 0.3) is 11.5 Å². The summed E-state index contributed by atoms with van der Waals surface area (Å²) in [6, 6.07) is 0. The fourth-order valence-corrected chi connectivity index (χ4v) is 2.07. The largest absolute Gasteiger partial charge is 0.493 e. The maximum Gasteiger partial charge on any atom is 0.349 e. The van der Waals surface area contributed by atoms with Crippen LogP contribution in [0.15, 0.2) is 9.59 Å². The highest BCUT2D eigenvalue weighted by atomic mass is 16.4. The molecule has 2 aliphatic rings. The van der Waals surface area contributed by atoms with Gasteiger partial charge in [-0.05, 0) is 6.92 Å². The van der Waals surface area contributed by atoms with E-state index in [0.29, 0.717) is 0 Å². The minimum absolute atomic E-state index is 0.0350. The second-order valence-corrected chi connectivity index (χ2v) is 4.98. The molecule has 0 aliphatic carbocycles. The third-order valence-electron chi connectivity index (χ3n) is 3.31. The van der Waals surface area contributed by atoms with Crippen molar-refractivity contribution in [1.29, 1.82) is 0 Å². The van der Waals surface area contributed by atoms with E-state index in [1.807, 2.05) is 4.98 Å². The molecule has 6 N–H and O–H groups in total. The highest BCUT2D eigenvalue weighted by Gasteiger charge is 2.28. The van der Waals surface area contributed by atoms with E-state index in [2.05, 4.69) is 9.97 Å². The number of rotatable bonds is 5. The number of nitrogens with one attached hydrogen (secondary N) is 1. The minimum Gasteiger partial charge on any atom is -0.493 e. The number of aromatic hydroxyl groups is 1. The van der Waals surface area contributed by atoms with E-state index in [1.54, 1.807) is 0 Å². The fourth-order valence-electron chi connectivity index (χ4n) is 2.07. The van der Waals surface area contributed by atoms with Crippen molar-refractivity contribution in [2.75, 3.05) is 6.61 Å². The van der Waals surface area contributed by atoms with Crippen molar-refractivity contribution < 1.29 is 25.5 Å². The van der Waals surface area contributed by atoms with Gasteiger partial charge in [-0.3, -0.25) is 14.3 Å². The van der Waals surface area contributed by atoms with Crippen LogP contribution in [0.5, 0.6) is 5.88 Å². The lowest BCUT2D eigenvalue weighted by molar-refractivity contribution is -0.0809. The van der Waals surface area contributed by atoms with Crippen molar-refractivity contribution in [3.8, 4) is 17.4 Å². The number of nitrogens with zero attached hydrogens (tertiary/aromatic N) is 3. The van der Waals surface area contributed by atoms with Crippen molar-refractivity contribution in [1.82, 2.24) is 19.5 Å². The Morgan fingerprint density at radius 3 is 2.43 bits per heavy atom. The summed E-state index contributed by atoms with van der Waals surface area (Å²) < 4.78 is 0.923. The monoisotopic (exact) mass is 328 g/mol. The number of aromatic amines is 1. The summed E-state index contributed by atoms with van der Waals surface area (Å²) in [4.78, 5) is 32.4. The zero-order valence-corrected chi connectivity index (χ0v) is 12.0. The third-order valence-corrected chi connectivity index (χ3v) is 3.31. The van der Waals surface area contributed by atoms with Crippen molar-refractivity contribution in [2.24, 2.45) is 0 Å². The number of H-pyrrole nitrogens is 1. The van der Waals surface area contributed by atoms with Crippen molar-refractivity contribution in [3.63, 3.8) is 0 Å². The van der Waals surface area contributed by atoms with Crippen molar-refractivity contribution >= 4 is 0 Å². The van der Waals surface area contributed by atoms with E-state index in [0.717, 1.165) is 4.57 Å². The Kier molecular flexibility index (Phi) is 4.75. The number of hydrogen-bond donors (Lipinski definition) is 6. The first kappa shape index (κ1) is 17.0. The fraction of sp³-hybridized carbons (Fsp3) is 0.500. The predicted molar refractivity (Wildman–Crippen MR) is 75.0 cm³/mol. The summed E-state index contributed by atoms with van der Waals surface area (Å²) in [7, 11) is 0. The number of fused-ring (bicyclic) bond motifs is 1. The molecule has 23 heavy (non-hydrogen) atoms. The van der Waals surface area contributed by atoms with Gasteiger partial charge in [-0.2, -0.15) is 4.98 Å². The molecule has 3 atom stereocenters. The molecule has 0 bridgehead atoms. The topological polar surface area (TPSA) is 182 Å². The number of aromatic nitrogens is 4. The molecule has 0 spiro atoms. The lowest BCUT2D eigenvalue weighted by Crippen LogP contribution is -2.42. The first-order chi connectivity index (χ1) is 10.8. The molecule has 2 rings (SSSR count). The maximum absolute atomic E-state index is 11.8. The Labute approximate surface area is 128 Å². The molecule has 11 heteroatoms. The van der Waals surface area contributed by atoms with Crippen molar-refractivity contribution in [2.45, 2.75) is 31.8 Å². The molecule has 126 valence electrons. The molecule has 0 radical (unpaired) electrons. The molecule has 0 aromatic heterocycles. The van der Waals surface area contributed by atoms with Gasteiger partial charge in [0.1, 0.15) is 18.3 Å². The summed E-state index contributed by atoms with van der Waals surface area (Å²) >= 11 is 0. The molecule has 0 amide bonds. The second kappa shape index (κ2) is 6.42. The van der Waals surface area contributed by atoms with Gasteiger partial charge in [-0.15, -0.1) is 0 Å². The Morgan fingerprint density at radius 1 is 1.17 bits per heavy atom. The predicted octanol–water partition coefficient (Wildman–Crippen LogP) is -3.48. The van der Waals surface area contributed by atoms with Gasteiger partial charge in [0.05, 0.1) is 18.8 Å². The van der Waals surface area contributed by atoms with Crippen LogP contribution in [0.3, 0.4) is 0 Å². The molecular weight excluding hydrogens is 312 g/mol. The van der Waals surface area contributed by atoms with Gasteiger partial charge in [0.25, 0.3) is 5.56 Å². The molecule has 0 aromatic rings. The van der Waals surface area contributed by atoms with E-state index < -0.39 is 48.6 Å². The van der Waals surface area contributed by atoms with Crippen molar-refractivity contribution in [3.05, 3.63) is 26.5 Å². The lowest BCUT2D eigenvalue weighted by Gasteiger charge is -2.24. The smallest absolute Gasteiger partial charge is 0.349 e. The average molecular weight is 328 g/mol. The Balaban J connectivity index is 2.53. The summed E-state index contributed by atoms with van der Waals surface area (Å²) in [5.74, 6) is -0.758. The molecule has 2 heterocycles. The summed E-state index contributed by atoms with van der Waals surface area (Å²) in [5.41, 5.74) is -1.98. The van der Waals surface area contributed by atoms with E-state index in [4.69, 9.17) is 5.11 Å². The van der Waals surface area contributed by atoms with E-state index >= 15 is 0 Å². The lowest BCUT2D eigenvalue weighted by atomic mass is 10.1. The first-order valence-corrected chi connectivity index (χ1v) is 6.61. The van der Waals surface area contributed by atoms with Gasteiger partial charge in [0, 0.05) is 0 Å². The van der Waals surface area contributed by atoms with Crippen LogP contribution in [-0.2, 0) is 6.54 Å². The van der Waals surface area contributed by atoms with Gasteiger partial charge < -0.3 is 25.5 Å². The number of hydrogen-bond acceptors (Lipinski definition) is 9. The zero-order chi connectivity index (χ0) is 17.3. The molecule has 0 unspecified atom stereocenters. The normalized spacial score (nSPS) is 15.5. The zero-order valence-electron chi connectivity index (χ0n) is 12.0. The van der Waals surface area contributed by atoms with Crippen LogP contribution in [0, 0.1) is 6.92 Å². The first-order valence-electron chi connectivity index (χ1n) is 6.61. The summed E-state index contributed by atoms with van der Waals surface area (Å²) in [5, 5.41) is 47.7. The number of aliphatic hydroxyl groups excluding tert-OH is 4. The SMILES string of the molecule is Cc1nc2c(=O)[nH]c(=O)nc-2n(C[C@H](O)[C@H](O)[C@H](O)CO)c1O. The number of aliphatic hydroxyl groups is 4. The van der Waals surface area contributed by atoms with Gasteiger partial charge in [0.2, 0.25) is 5.88 Å². The molecule has 2 aliphatic heterocycles. The minimum atomic E-state index is -1.72. The summed E-state index contributed by atoms with van der Waals surface area (Å²) in [6.07, 6.45) is -4.94. The highest BCUT2D eigenvalue weighted by molar-refractivity contribution is 5.51. The molecule has 11 nitrogen and oxygen atoms in total. The number of aryl methyl sites for hydroxylation is 1. The quantitative estimate of drug-likeness (QED) is 0.324. The van der Waals surface area contributed by atoms with Crippen LogP contribution in [0.2, 0.25) is 0 Å². The second-order valence-electron chi connectivity index (χ2n) is 4.98. The van der Waals surface area contributed by atoms with E-state index in [-0.39, 0.29) is 17.2 Å². The van der Waals surface area contributed by atoms with Crippen LogP contribution < -0.4 is 11.2 Å². The van der Waals surface area contributed by atoms with Gasteiger partial charge >= 0.3 is 5.69 Å². The Morgan fingerprint density at radius 2 is 1.83 bits per heavy atom. The molecule has 0 saturated carbocycles. The van der Waals surface area contributed by atoms with Crippen LogP contribution >= 0.6 is 0 Å². The van der Waals surface area contributed by atoms with Gasteiger partial charge in [0.15, 0.2) is 11.5 Å². The Bertz CT molecular complexity index is 786. The maximum atomic E-state index is 11.8. The van der Waals surface area contributed by atoms with E-state index in [9.17, 15) is 30.0 Å². The molecule has 0 aromatic carbocycles.